The summed E-state index contributed by atoms with van der Waals surface area (Å²) in [5.41, 5.74) is 1.87. The molecule has 1 aromatic carbocycles. The van der Waals surface area contributed by atoms with Gasteiger partial charge in [-0.25, -0.2) is 8.42 Å². The molecule has 2 rings (SSSR count). The van der Waals surface area contributed by atoms with Crippen molar-refractivity contribution in [2.45, 2.75) is 37.6 Å². The van der Waals surface area contributed by atoms with E-state index in [1.807, 2.05) is 26.0 Å². The van der Waals surface area contributed by atoms with Crippen LogP contribution in [0.4, 0.5) is 0 Å². The topological polar surface area (TPSA) is 37.4 Å². The predicted molar refractivity (Wildman–Crippen MR) is 73.5 cm³/mol. The van der Waals surface area contributed by atoms with Crippen LogP contribution in [0.3, 0.4) is 0 Å². The molecular weight excluding hydrogens is 270 g/mol. The molecule has 1 unspecified atom stereocenters. The van der Waals surface area contributed by atoms with Gasteiger partial charge in [-0.05, 0) is 38.3 Å². The van der Waals surface area contributed by atoms with Crippen molar-refractivity contribution in [3.05, 3.63) is 29.3 Å². The minimum absolute atomic E-state index is 0.0580. The van der Waals surface area contributed by atoms with Gasteiger partial charge in [-0.1, -0.05) is 17.7 Å². The Hall–Kier alpha value is -0.580. The molecule has 0 spiro atoms. The lowest BCUT2D eigenvalue weighted by atomic mass is 10.2. The zero-order valence-corrected chi connectivity index (χ0v) is 12.3. The van der Waals surface area contributed by atoms with Crippen LogP contribution in [0.5, 0.6) is 0 Å². The molecule has 0 N–H and O–H groups in total. The fourth-order valence-electron chi connectivity index (χ4n) is 2.49. The molecule has 18 heavy (non-hydrogen) atoms. The van der Waals surface area contributed by atoms with Crippen LogP contribution in [0.25, 0.3) is 0 Å². The SMILES string of the molecule is Cc1ccc(S(=O)(=O)N2CCCC2CCl)c(C)c1. The monoisotopic (exact) mass is 287 g/mol. The number of benzene rings is 1. The zero-order valence-electron chi connectivity index (χ0n) is 10.7. The van der Waals surface area contributed by atoms with Gasteiger partial charge in [0.1, 0.15) is 0 Å². The summed E-state index contributed by atoms with van der Waals surface area (Å²) in [4.78, 5) is 0.408. The first kappa shape index (κ1) is 13.8. The lowest BCUT2D eigenvalue weighted by molar-refractivity contribution is 0.411. The van der Waals surface area contributed by atoms with E-state index in [-0.39, 0.29) is 6.04 Å². The van der Waals surface area contributed by atoms with Crippen LogP contribution >= 0.6 is 11.6 Å². The third kappa shape index (κ3) is 2.42. The standard InChI is InChI=1S/C13H18ClNO2S/c1-10-5-6-13(11(2)8-10)18(16,17)15-7-3-4-12(15)9-14/h5-6,8,12H,3-4,7,9H2,1-2H3. The average Bonchev–Trinajstić information content (AvgIpc) is 2.76. The Morgan fingerprint density at radius 2 is 2.11 bits per heavy atom. The highest BCUT2D eigenvalue weighted by Gasteiger charge is 2.35. The van der Waals surface area contributed by atoms with E-state index in [1.54, 1.807) is 10.4 Å². The molecule has 1 aromatic rings. The van der Waals surface area contributed by atoms with Gasteiger partial charge >= 0.3 is 0 Å². The van der Waals surface area contributed by atoms with Gasteiger partial charge in [-0.15, -0.1) is 11.6 Å². The molecule has 100 valence electrons. The van der Waals surface area contributed by atoms with Gasteiger partial charge in [-0.2, -0.15) is 4.31 Å². The number of alkyl halides is 1. The Morgan fingerprint density at radius 3 is 2.72 bits per heavy atom. The first-order valence-corrected chi connectivity index (χ1v) is 8.09. The maximum absolute atomic E-state index is 12.6. The summed E-state index contributed by atoms with van der Waals surface area (Å²) in [6, 6.07) is 5.38. The maximum Gasteiger partial charge on any atom is 0.243 e. The summed E-state index contributed by atoms with van der Waals surface area (Å²) in [7, 11) is -3.40. The Kier molecular flexibility index (Phi) is 3.99. The normalized spacial score (nSPS) is 21.4. The smallest absolute Gasteiger partial charge is 0.207 e. The average molecular weight is 288 g/mol. The second kappa shape index (κ2) is 5.19. The van der Waals surface area contributed by atoms with Crippen molar-refractivity contribution in [3.63, 3.8) is 0 Å². The van der Waals surface area contributed by atoms with E-state index >= 15 is 0 Å². The van der Waals surface area contributed by atoms with Crippen LogP contribution in [0.2, 0.25) is 0 Å². The number of halogens is 1. The molecule has 1 saturated heterocycles. The fourth-order valence-corrected chi connectivity index (χ4v) is 4.80. The van der Waals surface area contributed by atoms with Crippen molar-refractivity contribution in [1.29, 1.82) is 0 Å². The number of aryl methyl sites for hydroxylation is 2. The van der Waals surface area contributed by atoms with Crippen molar-refractivity contribution in [3.8, 4) is 0 Å². The van der Waals surface area contributed by atoms with Crippen molar-refractivity contribution in [1.82, 2.24) is 4.31 Å². The third-order valence-corrected chi connectivity index (χ3v) is 5.89. The zero-order chi connectivity index (χ0) is 13.3. The first-order chi connectivity index (χ1) is 8.46. The lowest BCUT2D eigenvalue weighted by Crippen LogP contribution is -2.36. The van der Waals surface area contributed by atoms with Crippen LogP contribution in [0, 0.1) is 13.8 Å². The van der Waals surface area contributed by atoms with Crippen molar-refractivity contribution < 1.29 is 8.42 Å². The van der Waals surface area contributed by atoms with Crippen LogP contribution in [-0.2, 0) is 10.0 Å². The van der Waals surface area contributed by atoms with Crippen LogP contribution in [0.15, 0.2) is 23.1 Å². The number of rotatable bonds is 3. The van der Waals surface area contributed by atoms with E-state index in [0.29, 0.717) is 17.3 Å². The van der Waals surface area contributed by atoms with E-state index in [0.717, 1.165) is 24.0 Å². The van der Waals surface area contributed by atoms with Gasteiger partial charge in [0.2, 0.25) is 10.0 Å². The fraction of sp³-hybridized carbons (Fsp3) is 0.538. The van der Waals surface area contributed by atoms with E-state index in [1.165, 1.54) is 0 Å². The molecule has 1 atom stereocenters. The molecule has 1 heterocycles. The molecule has 1 aliphatic rings. The molecule has 5 heteroatoms. The Bertz CT molecular complexity index is 542. The quantitative estimate of drug-likeness (QED) is 0.802. The van der Waals surface area contributed by atoms with Crippen molar-refractivity contribution >= 4 is 21.6 Å². The summed E-state index contributed by atoms with van der Waals surface area (Å²) < 4.78 is 26.8. The summed E-state index contributed by atoms with van der Waals surface area (Å²) in [5, 5.41) is 0. The Labute approximate surface area is 114 Å². The maximum atomic E-state index is 12.6. The van der Waals surface area contributed by atoms with Gasteiger partial charge in [0.05, 0.1) is 4.90 Å². The molecule has 0 aliphatic carbocycles. The van der Waals surface area contributed by atoms with Crippen LogP contribution < -0.4 is 0 Å². The molecule has 3 nitrogen and oxygen atoms in total. The van der Waals surface area contributed by atoms with Gasteiger partial charge in [-0.3, -0.25) is 0 Å². The van der Waals surface area contributed by atoms with Crippen molar-refractivity contribution in [2.24, 2.45) is 0 Å². The third-order valence-electron chi connectivity index (χ3n) is 3.42. The second-order valence-electron chi connectivity index (χ2n) is 4.84. The predicted octanol–water partition coefficient (Wildman–Crippen LogP) is 2.70. The molecule has 0 radical (unpaired) electrons. The number of nitrogens with zero attached hydrogens (tertiary/aromatic N) is 1. The number of hydrogen-bond donors (Lipinski definition) is 0. The highest BCUT2D eigenvalue weighted by Crippen LogP contribution is 2.28. The summed E-state index contributed by atoms with van der Waals surface area (Å²) in [6.07, 6.45) is 1.75. The molecule has 1 aliphatic heterocycles. The minimum atomic E-state index is -3.40. The van der Waals surface area contributed by atoms with Gasteiger partial charge in [0.25, 0.3) is 0 Å². The summed E-state index contributed by atoms with van der Waals surface area (Å²) in [5.74, 6) is 0.365. The van der Waals surface area contributed by atoms with E-state index in [9.17, 15) is 8.42 Å². The minimum Gasteiger partial charge on any atom is -0.207 e. The Morgan fingerprint density at radius 1 is 1.39 bits per heavy atom. The largest absolute Gasteiger partial charge is 0.243 e. The van der Waals surface area contributed by atoms with Gasteiger partial charge < -0.3 is 0 Å². The van der Waals surface area contributed by atoms with E-state index in [2.05, 4.69) is 0 Å². The summed E-state index contributed by atoms with van der Waals surface area (Å²) >= 11 is 5.85. The van der Waals surface area contributed by atoms with Gasteiger partial charge in [0, 0.05) is 18.5 Å². The Balaban J connectivity index is 2.42. The second-order valence-corrected chi connectivity index (χ2v) is 7.00. The van der Waals surface area contributed by atoms with Crippen LogP contribution in [0.1, 0.15) is 24.0 Å². The molecule has 1 fully saturated rings. The number of hydrogen-bond acceptors (Lipinski definition) is 2. The lowest BCUT2D eigenvalue weighted by Gasteiger charge is -2.23. The molecule has 0 aromatic heterocycles. The van der Waals surface area contributed by atoms with Gasteiger partial charge in [0.15, 0.2) is 0 Å². The van der Waals surface area contributed by atoms with Crippen LogP contribution in [-0.4, -0.2) is 31.2 Å². The molecule has 0 amide bonds. The molecule has 0 bridgehead atoms. The summed E-state index contributed by atoms with van der Waals surface area (Å²) in [6.45, 7) is 4.37. The molecule has 0 saturated carbocycles. The van der Waals surface area contributed by atoms with E-state index in [4.69, 9.17) is 11.6 Å². The first-order valence-electron chi connectivity index (χ1n) is 6.12. The molecular formula is C13H18ClNO2S. The van der Waals surface area contributed by atoms with Crippen molar-refractivity contribution in [2.75, 3.05) is 12.4 Å². The van der Waals surface area contributed by atoms with E-state index < -0.39 is 10.0 Å². The highest BCUT2D eigenvalue weighted by atomic mass is 35.5. The number of sulfonamides is 1. The highest BCUT2D eigenvalue weighted by molar-refractivity contribution is 7.89.